The van der Waals surface area contributed by atoms with Crippen molar-refractivity contribution in [2.24, 2.45) is 0 Å². The van der Waals surface area contributed by atoms with Crippen LogP contribution in [-0.4, -0.2) is 10.9 Å². The molecule has 0 rings (SSSR count). The summed E-state index contributed by atoms with van der Waals surface area (Å²) >= 11 is 0. The SMILES string of the molecule is CC(=O)/C=C(/C)O.[CH3-].[Ir].[NH2-]. The summed E-state index contributed by atoms with van der Waals surface area (Å²) in [5, 5.41) is 8.36. The summed E-state index contributed by atoms with van der Waals surface area (Å²) in [4.78, 5) is 10.0. The number of nitrogens with two attached hydrogens (primary N) is 1. The van der Waals surface area contributed by atoms with E-state index in [0.29, 0.717) is 0 Å². The van der Waals surface area contributed by atoms with Gasteiger partial charge in [0, 0.05) is 26.2 Å². The first kappa shape index (κ1) is 22.6. The monoisotopic (exact) mass is 324 g/mol. The third-order valence-electron chi connectivity index (χ3n) is 0.412. The Labute approximate surface area is 75.5 Å². The molecule has 0 aliphatic rings. The Bertz CT molecular complexity index is 108. The summed E-state index contributed by atoms with van der Waals surface area (Å²) in [5.74, 6) is -0.0625. The maximum atomic E-state index is 10.0. The van der Waals surface area contributed by atoms with Crippen LogP contribution in [0.5, 0.6) is 0 Å². The first-order valence-corrected chi connectivity index (χ1v) is 2.01. The van der Waals surface area contributed by atoms with Gasteiger partial charge in [0.15, 0.2) is 5.78 Å². The van der Waals surface area contributed by atoms with E-state index in [1.807, 2.05) is 0 Å². The summed E-state index contributed by atoms with van der Waals surface area (Å²) < 4.78 is 0. The Balaban J connectivity index is -0.0000000600. The van der Waals surface area contributed by atoms with Crippen molar-refractivity contribution < 1.29 is 30.0 Å². The van der Waals surface area contributed by atoms with Gasteiger partial charge in [0.25, 0.3) is 0 Å². The number of ketones is 1. The second kappa shape index (κ2) is 11.6. The number of aliphatic hydroxyl groups excluding tert-OH is 1. The quantitative estimate of drug-likeness (QED) is 0.456. The standard InChI is InChI=1S/C5H8O2.CH3.Ir.H2N/c1-4(6)3-5(2)7;;;/h3,6H,1-2H3;1H3;;1H2/q;-1;;-1/b4-3-;;;. The summed E-state index contributed by atoms with van der Waals surface area (Å²) in [6.45, 7) is 2.85. The normalized spacial score (nSPS) is 8.00. The van der Waals surface area contributed by atoms with E-state index in [9.17, 15) is 4.79 Å². The predicted molar refractivity (Wildman–Crippen MR) is 38.8 cm³/mol. The van der Waals surface area contributed by atoms with E-state index in [4.69, 9.17) is 5.11 Å². The number of hydrogen-bond donors (Lipinski definition) is 1. The Morgan fingerprint density at radius 1 is 1.40 bits per heavy atom. The Kier molecular flexibility index (Phi) is 26.2. The second-order valence-electron chi connectivity index (χ2n) is 1.40. The predicted octanol–water partition coefficient (Wildman–Crippen LogP) is 2.20. The molecule has 0 aromatic heterocycles. The van der Waals surface area contributed by atoms with Crippen LogP contribution in [-0.2, 0) is 24.9 Å². The molecule has 0 atom stereocenters. The molecule has 10 heavy (non-hydrogen) atoms. The van der Waals surface area contributed by atoms with Crippen LogP contribution in [0.1, 0.15) is 13.8 Å². The van der Waals surface area contributed by atoms with Crippen LogP contribution in [0.25, 0.3) is 6.15 Å². The zero-order chi connectivity index (χ0) is 5.86. The molecular weight excluding hydrogens is 310 g/mol. The van der Waals surface area contributed by atoms with E-state index >= 15 is 0 Å². The van der Waals surface area contributed by atoms with Gasteiger partial charge < -0.3 is 18.7 Å². The fourth-order valence-electron chi connectivity index (χ4n) is 0.294. The Hall–Kier alpha value is -0.181. The van der Waals surface area contributed by atoms with Crippen molar-refractivity contribution in [1.82, 2.24) is 0 Å². The molecule has 3 nitrogen and oxygen atoms in total. The van der Waals surface area contributed by atoms with E-state index in [-0.39, 0.29) is 45.2 Å². The maximum Gasteiger partial charge on any atom is 0.155 e. The van der Waals surface area contributed by atoms with Crippen LogP contribution < -0.4 is 0 Å². The molecule has 0 saturated carbocycles. The van der Waals surface area contributed by atoms with Gasteiger partial charge in [-0.15, -0.1) is 0 Å². The van der Waals surface area contributed by atoms with Gasteiger partial charge in [-0.05, 0) is 13.8 Å². The number of allylic oxidation sites excluding steroid dienone is 2. The number of hydrogen-bond acceptors (Lipinski definition) is 2. The van der Waals surface area contributed by atoms with Crippen LogP contribution in [0.4, 0.5) is 0 Å². The van der Waals surface area contributed by atoms with Crippen molar-refractivity contribution in [2.45, 2.75) is 13.8 Å². The van der Waals surface area contributed by atoms with Crippen molar-refractivity contribution in [1.29, 1.82) is 0 Å². The fraction of sp³-hybridized carbons (Fsp3) is 0.333. The van der Waals surface area contributed by atoms with Gasteiger partial charge in [0.2, 0.25) is 0 Å². The topological polar surface area (TPSA) is 70.8 Å². The van der Waals surface area contributed by atoms with Crippen molar-refractivity contribution in [3.8, 4) is 0 Å². The number of aliphatic hydroxyl groups is 1. The minimum Gasteiger partial charge on any atom is -0.693 e. The van der Waals surface area contributed by atoms with Gasteiger partial charge in [-0.3, -0.25) is 4.79 Å². The molecule has 0 aromatic carbocycles. The molecule has 1 radical (unpaired) electrons. The third-order valence-corrected chi connectivity index (χ3v) is 0.412. The molecule has 0 unspecified atom stereocenters. The van der Waals surface area contributed by atoms with Crippen molar-refractivity contribution in [3.63, 3.8) is 0 Å². The van der Waals surface area contributed by atoms with Crippen LogP contribution in [0.3, 0.4) is 0 Å². The molecular formula is C6H13IrNO2-2. The van der Waals surface area contributed by atoms with Gasteiger partial charge in [0.1, 0.15) is 0 Å². The molecule has 3 N–H and O–H groups in total. The second-order valence-corrected chi connectivity index (χ2v) is 1.40. The summed E-state index contributed by atoms with van der Waals surface area (Å²) in [6, 6.07) is 0. The summed E-state index contributed by atoms with van der Waals surface area (Å²) in [6.07, 6.45) is 1.17. The molecule has 0 spiro atoms. The number of carbonyl (C=O) groups is 1. The van der Waals surface area contributed by atoms with Crippen molar-refractivity contribution in [2.75, 3.05) is 0 Å². The first-order chi connectivity index (χ1) is 3.13. The number of rotatable bonds is 1. The average Bonchev–Trinajstić information content (AvgIpc) is 1.27. The zero-order valence-corrected chi connectivity index (χ0v) is 8.74. The minimum absolute atomic E-state index is 0. The van der Waals surface area contributed by atoms with E-state index in [1.165, 1.54) is 19.9 Å². The minimum atomic E-state index is -0.125. The molecule has 0 aliphatic carbocycles. The summed E-state index contributed by atoms with van der Waals surface area (Å²) in [5.41, 5.74) is 0. The molecule has 0 aliphatic heterocycles. The molecule has 0 amide bonds. The molecule has 0 aromatic rings. The number of carbonyl (C=O) groups excluding carboxylic acids is 1. The Morgan fingerprint density at radius 3 is 1.70 bits per heavy atom. The molecule has 0 bridgehead atoms. The maximum absolute atomic E-state index is 10.0. The fourth-order valence-corrected chi connectivity index (χ4v) is 0.294. The van der Waals surface area contributed by atoms with Gasteiger partial charge in [-0.25, -0.2) is 0 Å². The molecule has 0 heterocycles. The first-order valence-electron chi connectivity index (χ1n) is 2.01. The molecule has 0 saturated heterocycles. The third kappa shape index (κ3) is 24.9. The van der Waals surface area contributed by atoms with Crippen LogP contribution >= 0.6 is 0 Å². The molecule has 0 fully saturated rings. The van der Waals surface area contributed by atoms with Crippen LogP contribution in [0, 0.1) is 7.43 Å². The summed E-state index contributed by atoms with van der Waals surface area (Å²) in [7, 11) is 0. The molecule has 4 heteroatoms. The van der Waals surface area contributed by atoms with Gasteiger partial charge in [-0.1, -0.05) is 0 Å². The average molecular weight is 323 g/mol. The van der Waals surface area contributed by atoms with Crippen LogP contribution in [0.2, 0.25) is 0 Å². The van der Waals surface area contributed by atoms with Gasteiger partial charge >= 0.3 is 0 Å². The van der Waals surface area contributed by atoms with Gasteiger partial charge in [0.05, 0.1) is 5.76 Å². The zero-order valence-electron chi connectivity index (χ0n) is 6.34. The smallest absolute Gasteiger partial charge is 0.155 e. The van der Waals surface area contributed by atoms with Crippen LogP contribution in [0.15, 0.2) is 11.8 Å². The van der Waals surface area contributed by atoms with E-state index in [0.717, 1.165) is 0 Å². The van der Waals surface area contributed by atoms with Gasteiger partial charge in [-0.2, -0.15) is 0 Å². The largest absolute Gasteiger partial charge is 0.693 e. The van der Waals surface area contributed by atoms with Crippen molar-refractivity contribution in [3.05, 3.63) is 25.4 Å². The van der Waals surface area contributed by atoms with E-state index in [1.54, 1.807) is 0 Å². The Morgan fingerprint density at radius 2 is 1.70 bits per heavy atom. The van der Waals surface area contributed by atoms with Crippen molar-refractivity contribution >= 4 is 5.78 Å². The van der Waals surface area contributed by atoms with E-state index in [2.05, 4.69) is 0 Å². The van der Waals surface area contributed by atoms with E-state index < -0.39 is 0 Å². The molecule has 65 valence electrons.